The third kappa shape index (κ3) is 3.95. The molecule has 0 atom stereocenters. The van der Waals surface area contributed by atoms with Gasteiger partial charge in [0.15, 0.2) is 0 Å². The standard InChI is InChI=1S/C17H17ClN4O2/c18-15-7-12(9-19)10-20-17(15)21-14-1-2-16(23)13(8-14)11-22-3-5-24-6-4-22/h1-2,7-8,10,23H,3-6,11H2,(H,20,21). The van der Waals surface area contributed by atoms with Gasteiger partial charge in [-0.25, -0.2) is 4.98 Å². The summed E-state index contributed by atoms with van der Waals surface area (Å²) in [6.07, 6.45) is 1.46. The number of benzene rings is 1. The first kappa shape index (κ1) is 16.5. The molecular formula is C17H17ClN4O2. The van der Waals surface area contributed by atoms with Crippen LogP contribution < -0.4 is 5.32 Å². The van der Waals surface area contributed by atoms with E-state index >= 15 is 0 Å². The molecule has 3 rings (SSSR count). The topological polar surface area (TPSA) is 81.4 Å². The number of halogens is 1. The van der Waals surface area contributed by atoms with Gasteiger partial charge in [0, 0.05) is 37.1 Å². The summed E-state index contributed by atoms with van der Waals surface area (Å²) in [5, 5.41) is 22.4. The molecule has 6 nitrogen and oxygen atoms in total. The largest absolute Gasteiger partial charge is 0.508 e. The Morgan fingerprint density at radius 2 is 2.12 bits per heavy atom. The molecule has 2 heterocycles. The number of phenols is 1. The molecule has 1 aromatic carbocycles. The average molecular weight is 345 g/mol. The first-order chi connectivity index (χ1) is 11.7. The van der Waals surface area contributed by atoms with Gasteiger partial charge in [-0.15, -0.1) is 0 Å². The number of nitriles is 1. The maximum absolute atomic E-state index is 10.1. The van der Waals surface area contributed by atoms with E-state index in [1.165, 1.54) is 6.20 Å². The highest BCUT2D eigenvalue weighted by Crippen LogP contribution is 2.28. The molecule has 0 spiro atoms. The molecule has 1 aliphatic heterocycles. The van der Waals surface area contributed by atoms with Crippen LogP contribution in [0.3, 0.4) is 0 Å². The van der Waals surface area contributed by atoms with Crippen molar-refractivity contribution >= 4 is 23.1 Å². The highest BCUT2D eigenvalue weighted by atomic mass is 35.5. The molecule has 2 aromatic rings. The molecule has 0 radical (unpaired) electrons. The van der Waals surface area contributed by atoms with Crippen LogP contribution in [0.1, 0.15) is 11.1 Å². The van der Waals surface area contributed by atoms with Gasteiger partial charge in [-0.05, 0) is 24.3 Å². The lowest BCUT2D eigenvalue weighted by atomic mass is 10.1. The predicted octanol–water partition coefficient (Wildman–Crippen LogP) is 2.89. The number of nitrogens with zero attached hydrogens (tertiary/aromatic N) is 3. The maximum Gasteiger partial charge on any atom is 0.149 e. The number of anilines is 2. The summed E-state index contributed by atoms with van der Waals surface area (Å²) in [6, 6.07) is 8.84. The summed E-state index contributed by atoms with van der Waals surface area (Å²) in [7, 11) is 0. The van der Waals surface area contributed by atoms with E-state index in [0.717, 1.165) is 24.3 Å². The van der Waals surface area contributed by atoms with Crippen molar-refractivity contribution in [2.45, 2.75) is 6.54 Å². The van der Waals surface area contributed by atoms with Gasteiger partial charge in [-0.3, -0.25) is 4.90 Å². The fourth-order valence-corrected chi connectivity index (χ4v) is 2.73. The number of phenolic OH excluding ortho intramolecular Hbond substituents is 1. The predicted molar refractivity (Wildman–Crippen MR) is 91.4 cm³/mol. The zero-order chi connectivity index (χ0) is 16.9. The summed E-state index contributed by atoms with van der Waals surface area (Å²) in [5.41, 5.74) is 2.01. The molecule has 7 heteroatoms. The van der Waals surface area contributed by atoms with Gasteiger partial charge in [-0.2, -0.15) is 5.26 Å². The second-order valence-electron chi connectivity index (χ2n) is 5.52. The van der Waals surface area contributed by atoms with Gasteiger partial charge in [-0.1, -0.05) is 11.6 Å². The summed E-state index contributed by atoms with van der Waals surface area (Å²) in [4.78, 5) is 6.39. The van der Waals surface area contributed by atoms with Gasteiger partial charge in [0.25, 0.3) is 0 Å². The minimum Gasteiger partial charge on any atom is -0.508 e. The highest BCUT2D eigenvalue weighted by Gasteiger charge is 2.13. The number of hydrogen-bond acceptors (Lipinski definition) is 6. The van der Waals surface area contributed by atoms with Gasteiger partial charge in [0.2, 0.25) is 0 Å². The number of aromatic hydroxyl groups is 1. The normalized spacial score (nSPS) is 15.0. The number of ether oxygens (including phenoxy) is 1. The Kier molecular flexibility index (Phi) is 5.16. The van der Waals surface area contributed by atoms with Gasteiger partial charge < -0.3 is 15.2 Å². The molecular weight excluding hydrogens is 328 g/mol. The Balaban J connectivity index is 1.77. The zero-order valence-electron chi connectivity index (χ0n) is 13.0. The monoisotopic (exact) mass is 344 g/mol. The van der Waals surface area contributed by atoms with Crippen molar-refractivity contribution in [2.75, 3.05) is 31.6 Å². The number of nitrogens with one attached hydrogen (secondary N) is 1. The van der Waals surface area contributed by atoms with Crippen molar-refractivity contribution in [1.82, 2.24) is 9.88 Å². The smallest absolute Gasteiger partial charge is 0.149 e. The van der Waals surface area contributed by atoms with Crippen LogP contribution in [0.5, 0.6) is 5.75 Å². The Morgan fingerprint density at radius 1 is 1.33 bits per heavy atom. The van der Waals surface area contributed by atoms with Crippen LogP contribution in [0.15, 0.2) is 30.5 Å². The second-order valence-corrected chi connectivity index (χ2v) is 5.93. The molecule has 0 unspecified atom stereocenters. The fourth-order valence-electron chi connectivity index (χ4n) is 2.52. The van der Waals surface area contributed by atoms with Crippen LogP contribution in [0.4, 0.5) is 11.5 Å². The van der Waals surface area contributed by atoms with E-state index in [4.69, 9.17) is 21.6 Å². The van der Waals surface area contributed by atoms with Gasteiger partial charge in [0.05, 0.1) is 23.8 Å². The van der Waals surface area contributed by atoms with Crippen molar-refractivity contribution in [3.8, 4) is 11.8 Å². The Hall–Kier alpha value is -2.33. The zero-order valence-corrected chi connectivity index (χ0v) is 13.8. The van der Waals surface area contributed by atoms with Crippen molar-refractivity contribution in [1.29, 1.82) is 5.26 Å². The average Bonchev–Trinajstić information content (AvgIpc) is 2.60. The van der Waals surface area contributed by atoms with Crippen molar-refractivity contribution in [2.24, 2.45) is 0 Å². The second kappa shape index (κ2) is 7.49. The number of hydrogen-bond donors (Lipinski definition) is 2. The lowest BCUT2D eigenvalue weighted by Crippen LogP contribution is -2.35. The Morgan fingerprint density at radius 3 is 2.83 bits per heavy atom. The maximum atomic E-state index is 10.1. The lowest BCUT2D eigenvalue weighted by Gasteiger charge is -2.27. The van der Waals surface area contributed by atoms with E-state index < -0.39 is 0 Å². The first-order valence-corrected chi connectivity index (χ1v) is 7.98. The van der Waals surface area contributed by atoms with E-state index in [9.17, 15) is 5.11 Å². The number of pyridine rings is 1. The number of morpholine rings is 1. The van der Waals surface area contributed by atoms with E-state index in [2.05, 4.69) is 15.2 Å². The minimum absolute atomic E-state index is 0.255. The lowest BCUT2D eigenvalue weighted by molar-refractivity contribution is 0.0339. The molecule has 124 valence electrons. The molecule has 1 fully saturated rings. The number of aromatic nitrogens is 1. The minimum atomic E-state index is 0.255. The van der Waals surface area contributed by atoms with E-state index in [-0.39, 0.29) is 5.75 Å². The molecule has 24 heavy (non-hydrogen) atoms. The van der Waals surface area contributed by atoms with Crippen molar-refractivity contribution < 1.29 is 9.84 Å². The number of rotatable bonds is 4. The van der Waals surface area contributed by atoms with Crippen LogP contribution >= 0.6 is 11.6 Å². The highest BCUT2D eigenvalue weighted by molar-refractivity contribution is 6.33. The fraction of sp³-hybridized carbons (Fsp3) is 0.294. The SMILES string of the molecule is N#Cc1cnc(Nc2ccc(O)c(CN3CCOCC3)c2)c(Cl)c1. The van der Waals surface area contributed by atoms with Crippen LogP contribution in [0.2, 0.25) is 5.02 Å². The molecule has 1 aromatic heterocycles. The molecule has 0 aliphatic carbocycles. The molecule has 0 saturated carbocycles. The summed E-state index contributed by atoms with van der Waals surface area (Å²) in [6.45, 7) is 3.77. The van der Waals surface area contributed by atoms with E-state index in [0.29, 0.717) is 36.2 Å². The van der Waals surface area contributed by atoms with E-state index in [1.807, 2.05) is 12.1 Å². The van der Waals surface area contributed by atoms with Crippen molar-refractivity contribution in [3.63, 3.8) is 0 Å². The van der Waals surface area contributed by atoms with Crippen LogP contribution in [-0.4, -0.2) is 41.3 Å². The molecule has 2 N–H and O–H groups in total. The van der Waals surface area contributed by atoms with Crippen LogP contribution in [0, 0.1) is 11.3 Å². The van der Waals surface area contributed by atoms with Gasteiger partial charge >= 0.3 is 0 Å². The Labute approximate surface area is 145 Å². The molecule has 1 saturated heterocycles. The molecule has 0 amide bonds. The third-order valence-electron chi connectivity index (χ3n) is 3.81. The molecule has 1 aliphatic rings. The Bertz CT molecular complexity index is 770. The van der Waals surface area contributed by atoms with Crippen molar-refractivity contribution in [3.05, 3.63) is 46.6 Å². The van der Waals surface area contributed by atoms with Gasteiger partial charge in [0.1, 0.15) is 17.6 Å². The van der Waals surface area contributed by atoms with Crippen LogP contribution in [-0.2, 0) is 11.3 Å². The van der Waals surface area contributed by atoms with Crippen LogP contribution in [0.25, 0.3) is 0 Å². The summed E-state index contributed by atoms with van der Waals surface area (Å²) in [5.74, 6) is 0.726. The first-order valence-electron chi connectivity index (χ1n) is 7.60. The quantitative estimate of drug-likeness (QED) is 0.830. The third-order valence-corrected chi connectivity index (χ3v) is 4.10. The summed E-state index contributed by atoms with van der Waals surface area (Å²) >= 11 is 6.14. The summed E-state index contributed by atoms with van der Waals surface area (Å²) < 4.78 is 5.34. The molecule has 0 bridgehead atoms. The van der Waals surface area contributed by atoms with E-state index in [1.54, 1.807) is 18.2 Å².